The number of nitriles is 1. The van der Waals surface area contributed by atoms with E-state index in [-0.39, 0.29) is 27.1 Å². The molecule has 0 radical (unpaired) electrons. The van der Waals surface area contributed by atoms with E-state index < -0.39 is 18.1 Å². The molecule has 0 aliphatic heterocycles. The first-order valence-corrected chi connectivity index (χ1v) is 6.88. The quantitative estimate of drug-likeness (QED) is 0.931. The summed E-state index contributed by atoms with van der Waals surface area (Å²) in [4.78, 5) is 27.6. The van der Waals surface area contributed by atoms with Gasteiger partial charge in [0.05, 0.1) is 18.4 Å². The maximum absolute atomic E-state index is 12.4. The zero-order valence-electron chi connectivity index (χ0n) is 10.5. The minimum atomic E-state index is -0.728. The molecule has 1 amide bonds. The van der Waals surface area contributed by atoms with Crippen LogP contribution in [0, 0.1) is 11.3 Å². The highest BCUT2D eigenvalue weighted by Gasteiger charge is 2.12. The molecule has 0 saturated heterocycles. The summed E-state index contributed by atoms with van der Waals surface area (Å²) in [7, 11) is 0. The molecule has 6 nitrogen and oxygen atoms in total. The number of amides is 1. The number of pyridine rings is 1. The minimum absolute atomic E-state index is 0.122. The highest BCUT2D eigenvalue weighted by molar-refractivity contribution is 7.14. The molecular formula is C12H8ClFN4O2S. The van der Waals surface area contributed by atoms with Gasteiger partial charge in [-0.15, -0.1) is 0 Å². The van der Waals surface area contributed by atoms with Crippen molar-refractivity contribution in [2.45, 2.75) is 6.54 Å². The van der Waals surface area contributed by atoms with E-state index in [4.69, 9.17) is 16.9 Å². The lowest BCUT2D eigenvalue weighted by molar-refractivity contribution is 0.103. The maximum Gasteiger partial charge on any atom is 0.269 e. The highest BCUT2D eigenvalue weighted by atomic mass is 35.5. The van der Waals surface area contributed by atoms with Gasteiger partial charge in [0, 0.05) is 6.20 Å². The molecule has 9 heteroatoms. The fraction of sp³-hybridized carbons (Fsp3) is 0.167. The molecule has 2 aromatic heterocycles. The summed E-state index contributed by atoms with van der Waals surface area (Å²) in [5.74, 6) is -0.490. The Morgan fingerprint density at radius 3 is 3.00 bits per heavy atom. The van der Waals surface area contributed by atoms with Gasteiger partial charge in [0.1, 0.15) is 22.6 Å². The smallest absolute Gasteiger partial charge is 0.269 e. The number of halogens is 2. The molecule has 0 aliphatic rings. The lowest BCUT2D eigenvalue weighted by atomic mass is 10.3. The van der Waals surface area contributed by atoms with E-state index in [1.54, 1.807) is 0 Å². The molecule has 0 atom stereocenters. The van der Waals surface area contributed by atoms with Gasteiger partial charge in [0.25, 0.3) is 11.5 Å². The van der Waals surface area contributed by atoms with Gasteiger partial charge in [-0.2, -0.15) is 5.26 Å². The van der Waals surface area contributed by atoms with E-state index in [2.05, 4.69) is 10.3 Å². The molecule has 0 aliphatic carbocycles. The number of rotatable bonds is 4. The summed E-state index contributed by atoms with van der Waals surface area (Å²) >= 11 is 6.69. The van der Waals surface area contributed by atoms with Gasteiger partial charge in [-0.05, 0) is 6.07 Å². The monoisotopic (exact) mass is 326 g/mol. The number of hydrogen-bond acceptors (Lipinski definition) is 5. The minimum Gasteiger partial charge on any atom is -0.320 e. The molecule has 0 unspecified atom stereocenters. The van der Waals surface area contributed by atoms with Crippen molar-refractivity contribution in [2.24, 2.45) is 0 Å². The Hall–Kier alpha value is -2.24. The van der Waals surface area contributed by atoms with Crippen molar-refractivity contribution in [1.82, 2.24) is 9.55 Å². The molecule has 1 N–H and O–H groups in total. The van der Waals surface area contributed by atoms with E-state index >= 15 is 0 Å². The van der Waals surface area contributed by atoms with Crippen LogP contribution in [0.1, 0.15) is 14.7 Å². The molecule has 108 valence electrons. The van der Waals surface area contributed by atoms with Crippen LogP contribution in [0.3, 0.4) is 0 Å². The fourth-order valence-electron chi connectivity index (χ4n) is 1.55. The van der Waals surface area contributed by atoms with Gasteiger partial charge < -0.3 is 9.88 Å². The van der Waals surface area contributed by atoms with Crippen molar-refractivity contribution < 1.29 is 9.18 Å². The standard InChI is InChI=1S/C12H8ClFN4O2S/c13-8-3-7(6-18(2-1-14)12(8)20)17-11(19)9-5-16-10(4-15)21-9/h3,5-6H,1-2H2,(H,17,19). The number of alkyl halides is 1. The van der Waals surface area contributed by atoms with Crippen LogP contribution in [0.15, 0.2) is 23.3 Å². The zero-order chi connectivity index (χ0) is 15.4. The normalized spacial score (nSPS) is 10.1. The van der Waals surface area contributed by atoms with Crippen molar-refractivity contribution in [1.29, 1.82) is 5.26 Å². The Kier molecular flexibility index (Phi) is 4.67. The van der Waals surface area contributed by atoms with Crippen LogP contribution in [0.25, 0.3) is 0 Å². The number of aryl methyl sites for hydroxylation is 1. The predicted octanol–water partition coefficient (Wildman–Crippen LogP) is 2.05. The predicted molar refractivity (Wildman–Crippen MR) is 76.5 cm³/mol. The number of nitrogens with one attached hydrogen (secondary N) is 1. The van der Waals surface area contributed by atoms with Crippen molar-refractivity contribution >= 4 is 34.5 Å². The summed E-state index contributed by atoms with van der Waals surface area (Å²) in [6.45, 7) is -0.880. The van der Waals surface area contributed by atoms with Gasteiger partial charge >= 0.3 is 0 Å². The lowest BCUT2D eigenvalue weighted by Gasteiger charge is -2.08. The van der Waals surface area contributed by atoms with Crippen LogP contribution in [0.2, 0.25) is 5.02 Å². The van der Waals surface area contributed by atoms with Crippen molar-refractivity contribution in [3.8, 4) is 6.07 Å². The van der Waals surface area contributed by atoms with Crippen molar-refractivity contribution in [2.75, 3.05) is 12.0 Å². The highest BCUT2D eigenvalue weighted by Crippen LogP contribution is 2.16. The first-order chi connectivity index (χ1) is 10.0. The summed E-state index contributed by atoms with van der Waals surface area (Å²) in [5, 5.41) is 11.2. The number of anilines is 1. The zero-order valence-corrected chi connectivity index (χ0v) is 12.0. The third-order valence-electron chi connectivity index (χ3n) is 2.45. The number of nitrogens with zero attached hydrogens (tertiary/aromatic N) is 3. The van der Waals surface area contributed by atoms with Crippen LogP contribution in [0.4, 0.5) is 10.1 Å². The number of carbonyl (C=O) groups excluding carboxylic acids is 1. The Morgan fingerprint density at radius 2 is 2.38 bits per heavy atom. The van der Waals surface area contributed by atoms with Gasteiger partial charge in [0.2, 0.25) is 0 Å². The first-order valence-electron chi connectivity index (χ1n) is 5.68. The summed E-state index contributed by atoms with van der Waals surface area (Å²) in [6.07, 6.45) is 2.58. The molecule has 0 aromatic carbocycles. The Balaban J connectivity index is 2.25. The Bertz CT molecular complexity index is 780. The van der Waals surface area contributed by atoms with Gasteiger partial charge in [-0.25, -0.2) is 9.37 Å². The second kappa shape index (κ2) is 6.47. The van der Waals surface area contributed by atoms with Crippen LogP contribution >= 0.6 is 22.9 Å². The maximum atomic E-state index is 12.4. The third-order valence-corrected chi connectivity index (χ3v) is 3.62. The molecule has 0 spiro atoms. The molecular weight excluding hydrogens is 319 g/mol. The number of carbonyl (C=O) groups is 1. The van der Waals surface area contributed by atoms with Crippen molar-refractivity contribution in [3.05, 3.63) is 43.7 Å². The molecule has 0 bridgehead atoms. The van der Waals surface area contributed by atoms with E-state index in [0.717, 1.165) is 15.9 Å². The summed E-state index contributed by atoms with van der Waals surface area (Å²) < 4.78 is 13.4. The summed E-state index contributed by atoms with van der Waals surface area (Å²) in [6, 6.07) is 3.11. The average molecular weight is 327 g/mol. The molecule has 0 fully saturated rings. The Labute approximate surface area is 127 Å². The van der Waals surface area contributed by atoms with E-state index in [1.807, 2.05) is 6.07 Å². The molecule has 2 aromatic rings. The number of hydrogen-bond donors (Lipinski definition) is 1. The van der Waals surface area contributed by atoms with Gasteiger partial charge in [-0.3, -0.25) is 9.59 Å². The fourth-order valence-corrected chi connectivity index (χ4v) is 2.38. The number of aromatic nitrogens is 2. The molecule has 21 heavy (non-hydrogen) atoms. The second-order valence-electron chi connectivity index (χ2n) is 3.86. The second-order valence-corrected chi connectivity index (χ2v) is 5.30. The third kappa shape index (κ3) is 3.45. The van der Waals surface area contributed by atoms with E-state index in [9.17, 15) is 14.0 Å². The average Bonchev–Trinajstić information content (AvgIpc) is 2.93. The summed E-state index contributed by atoms with van der Waals surface area (Å²) in [5.41, 5.74) is -0.276. The molecule has 2 heterocycles. The van der Waals surface area contributed by atoms with Gasteiger partial charge in [-0.1, -0.05) is 22.9 Å². The molecule has 0 saturated carbocycles. The lowest BCUT2D eigenvalue weighted by Crippen LogP contribution is -2.22. The van der Waals surface area contributed by atoms with E-state index in [0.29, 0.717) is 0 Å². The topological polar surface area (TPSA) is 87.8 Å². The molecule has 2 rings (SSSR count). The SMILES string of the molecule is N#Cc1ncc(C(=O)Nc2cc(Cl)c(=O)n(CCF)c2)s1. The largest absolute Gasteiger partial charge is 0.320 e. The van der Waals surface area contributed by atoms with Crippen LogP contribution in [-0.4, -0.2) is 22.1 Å². The first kappa shape index (κ1) is 15.2. The van der Waals surface area contributed by atoms with Gasteiger partial charge in [0.15, 0.2) is 5.01 Å². The van der Waals surface area contributed by atoms with Crippen LogP contribution < -0.4 is 10.9 Å². The van der Waals surface area contributed by atoms with Crippen LogP contribution in [0.5, 0.6) is 0 Å². The van der Waals surface area contributed by atoms with E-state index in [1.165, 1.54) is 18.5 Å². The van der Waals surface area contributed by atoms with Crippen molar-refractivity contribution in [3.63, 3.8) is 0 Å². The Morgan fingerprint density at radius 1 is 1.62 bits per heavy atom. The van der Waals surface area contributed by atoms with Crippen LogP contribution in [-0.2, 0) is 6.54 Å². The number of thiazole rings is 1.